The van der Waals surface area contributed by atoms with Gasteiger partial charge in [-0.2, -0.15) is 0 Å². The van der Waals surface area contributed by atoms with E-state index in [9.17, 15) is 0 Å². The fourth-order valence-electron chi connectivity index (χ4n) is 4.73. The van der Waals surface area contributed by atoms with Gasteiger partial charge in [0.1, 0.15) is 24.4 Å². The third-order valence-electron chi connectivity index (χ3n) is 6.52. The molecule has 3 heterocycles. The summed E-state index contributed by atoms with van der Waals surface area (Å²) in [6, 6.07) is 22.3. The van der Waals surface area contributed by atoms with Gasteiger partial charge in [0.25, 0.3) is 0 Å². The van der Waals surface area contributed by atoms with Gasteiger partial charge in [-0.1, -0.05) is 89.4 Å². The van der Waals surface area contributed by atoms with Crippen molar-refractivity contribution in [2.45, 2.75) is 43.3 Å². The van der Waals surface area contributed by atoms with Crippen molar-refractivity contribution < 1.29 is 28.4 Å². The van der Waals surface area contributed by atoms with E-state index in [1.165, 1.54) is 0 Å². The second-order valence-corrected chi connectivity index (χ2v) is 10.00. The Balaban J connectivity index is 1.29. The van der Waals surface area contributed by atoms with Gasteiger partial charge in [-0.05, 0) is 18.2 Å². The highest BCUT2D eigenvalue weighted by Gasteiger charge is 2.51. The molecule has 3 unspecified atom stereocenters. The number of hydrogen-bond acceptors (Lipinski definition) is 6. The first-order valence-corrected chi connectivity index (χ1v) is 12.8. The molecule has 3 aromatic rings. The lowest BCUT2D eigenvalue weighted by molar-refractivity contribution is -0.373. The Morgan fingerprint density at radius 2 is 0.833 bits per heavy atom. The minimum absolute atomic E-state index is 0.281. The van der Waals surface area contributed by atoms with E-state index in [1.54, 1.807) is 18.2 Å². The minimum atomic E-state index is -0.725. The average Bonchev–Trinajstić information content (AvgIpc) is 3.38. The molecular weight excluding hydrogens is 527 g/mol. The molecule has 0 aromatic heterocycles. The summed E-state index contributed by atoms with van der Waals surface area (Å²) >= 11 is 19.3. The number of rotatable bonds is 4. The Hall–Kier alpha value is -1.71. The predicted octanol–water partition coefficient (Wildman–Crippen LogP) is 6.66. The first kappa shape index (κ1) is 24.6. The zero-order valence-electron chi connectivity index (χ0n) is 19.0. The van der Waals surface area contributed by atoms with Crippen LogP contribution in [0.4, 0.5) is 0 Å². The normalized spacial score (nSPS) is 32.2. The molecule has 0 bridgehead atoms. The lowest BCUT2D eigenvalue weighted by Gasteiger charge is -2.47. The number of halogens is 3. The van der Waals surface area contributed by atoms with Gasteiger partial charge in [0.15, 0.2) is 18.9 Å². The molecule has 3 aliphatic rings. The van der Waals surface area contributed by atoms with Gasteiger partial charge in [0, 0.05) is 31.8 Å². The molecule has 6 rings (SSSR count). The highest BCUT2D eigenvalue weighted by atomic mass is 35.5. The summed E-state index contributed by atoms with van der Waals surface area (Å²) in [5.74, 6) is 0. The zero-order valence-corrected chi connectivity index (χ0v) is 21.2. The maximum absolute atomic E-state index is 6.48. The van der Waals surface area contributed by atoms with Crippen LogP contribution in [-0.2, 0) is 28.4 Å². The minimum Gasteiger partial charge on any atom is -0.346 e. The molecule has 36 heavy (non-hydrogen) atoms. The average molecular weight is 550 g/mol. The van der Waals surface area contributed by atoms with E-state index < -0.39 is 43.3 Å². The van der Waals surface area contributed by atoms with Gasteiger partial charge in [-0.3, -0.25) is 0 Å². The molecule has 6 nitrogen and oxygen atoms in total. The van der Waals surface area contributed by atoms with Gasteiger partial charge in [0.2, 0.25) is 0 Å². The fourth-order valence-corrected chi connectivity index (χ4v) is 5.40. The second kappa shape index (κ2) is 10.6. The van der Waals surface area contributed by atoms with Crippen molar-refractivity contribution in [1.82, 2.24) is 0 Å². The lowest BCUT2D eigenvalue weighted by atomic mass is 9.99. The summed E-state index contributed by atoms with van der Waals surface area (Å²) in [7, 11) is 0. The van der Waals surface area contributed by atoms with E-state index in [-0.39, 0.29) is 6.61 Å². The topological polar surface area (TPSA) is 55.4 Å². The van der Waals surface area contributed by atoms with E-state index in [0.717, 1.165) is 16.7 Å². The van der Waals surface area contributed by atoms with Crippen molar-refractivity contribution in [2.75, 3.05) is 13.2 Å². The summed E-state index contributed by atoms with van der Waals surface area (Å²) in [5.41, 5.74) is 2.22. The molecule has 3 saturated heterocycles. The third-order valence-corrected chi connectivity index (χ3v) is 7.55. The van der Waals surface area contributed by atoms with Crippen LogP contribution in [0.2, 0.25) is 15.1 Å². The monoisotopic (exact) mass is 548 g/mol. The Bertz CT molecular complexity index is 1230. The van der Waals surface area contributed by atoms with Gasteiger partial charge in [-0.15, -0.1) is 0 Å². The van der Waals surface area contributed by atoms with Crippen LogP contribution in [0.25, 0.3) is 0 Å². The van der Waals surface area contributed by atoms with Crippen LogP contribution < -0.4 is 0 Å². The number of ether oxygens (including phenoxy) is 6. The van der Waals surface area contributed by atoms with Crippen LogP contribution in [0, 0.1) is 0 Å². The SMILES string of the molecule is Clc1ccccc1C1OC[C@@H]2OC(c3ccccc3Cl)O[C@H]([C@H]3COC(c4ccccc4Cl)O3)[C@@H]2O1. The molecule has 0 N–H and O–H groups in total. The molecule has 9 heteroatoms. The molecule has 0 amide bonds. The van der Waals surface area contributed by atoms with Crippen LogP contribution in [0.1, 0.15) is 35.6 Å². The summed E-state index contributed by atoms with van der Waals surface area (Å²) < 4.78 is 37.5. The van der Waals surface area contributed by atoms with Crippen molar-refractivity contribution in [2.24, 2.45) is 0 Å². The van der Waals surface area contributed by atoms with Crippen LogP contribution in [0.15, 0.2) is 72.8 Å². The number of hydrogen-bond donors (Lipinski definition) is 0. The first-order valence-electron chi connectivity index (χ1n) is 11.7. The highest BCUT2D eigenvalue weighted by Crippen LogP contribution is 2.44. The van der Waals surface area contributed by atoms with Crippen LogP contribution >= 0.6 is 34.8 Å². The molecule has 188 valence electrons. The van der Waals surface area contributed by atoms with Crippen LogP contribution in [0.5, 0.6) is 0 Å². The van der Waals surface area contributed by atoms with Gasteiger partial charge in [0.05, 0.1) is 13.2 Å². The molecule has 0 radical (unpaired) electrons. The van der Waals surface area contributed by atoms with E-state index in [4.69, 9.17) is 63.2 Å². The van der Waals surface area contributed by atoms with E-state index in [1.807, 2.05) is 54.6 Å². The quantitative estimate of drug-likeness (QED) is 0.363. The number of fused-ring (bicyclic) bond motifs is 1. The van der Waals surface area contributed by atoms with Crippen molar-refractivity contribution in [3.8, 4) is 0 Å². The standard InChI is InChI=1S/C27H23Cl3O6/c28-18-10-4-1-7-15(18)25-31-13-21(33-25)24-23-22(34-27(36-24)17-9-3-6-12-20(17)30)14-32-26(35-23)16-8-2-5-11-19(16)29/h1-12,21-27H,13-14H2/t21-,22+,23-,24-,25?,26?,27?/m1/s1. The van der Waals surface area contributed by atoms with Crippen molar-refractivity contribution in [3.05, 3.63) is 105 Å². The molecule has 7 atom stereocenters. The highest BCUT2D eigenvalue weighted by molar-refractivity contribution is 6.32. The molecule has 3 aliphatic heterocycles. The molecular formula is C27H23Cl3O6. The maximum atomic E-state index is 6.48. The summed E-state index contributed by atoms with van der Waals surface area (Å²) in [4.78, 5) is 0. The molecule has 3 aromatic carbocycles. The van der Waals surface area contributed by atoms with E-state index in [2.05, 4.69) is 0 Å². The molecule has 0 spiro atoms. The van der Waals surface area contributed by atoms with Gasteiger partial charge in [-0.25, -0.2) is 0 Å². The fraction of sp³-hybridized carbons (Fsp3) is 0.333. The Morgan fingerprint density at radius 3 is 1.31 bits per heavy atom. The molecule has 0 aliphatic carbocycles. The smallest absolute Gasteiger partial charge is 0.186 e. The zero-order chi connectivity index (χ0) is 24.6. The Kier molecular flexibility index (Phi) is 7.23. The van der Waals surface area contributed by atoms with Gasteiger partial charge >= 0.3 is 0 Å². The van der Waals surface area contributed by atoms with Crippen molar-refractivity contribution in [1.29, 1.82) is 0 Å². The summed E-state index contributed by atoms with van der Waals surface area (Å²) in [6.45, 7) is 0.572. The van der Waals surface area contributed by atoms with Gasteiger partial charge < -0.3 is 28.4 Å². The Morgan fingerprint density at radius 1 is 0.472 bits per heavy atom. The number of benzene rings is 3. The van der Waals surface area contributed by atoms with Crippen LogP contribution in [0.3, 0.4) is 0 Å². The molecule has 3 fully saturated rings. The van der Waals surface area contributed by atoms with E-state index >= 15 is 0 Å². The van der Waals surface area contributed by atoms with Crippen molar-refractivity contribution >= 4 is 34.8 Å². The third kappa shape index (κ3) is 4.78. The second-order valence-electron chi connectivity index (χ2n) is 8.78. The first-order chi connectivity index (χ1) is 17.6. The summed E-state index contributed by atoms with van der Waals surface area (Å²) in [6.07, 6.45) is -3.93. The lowest BCUT2D eigenvalue weighted by Crippen LogP contribution is -2.58. The maximum Gasteiger partial charge on any atom is 0.186 e. The van der Waals surface area contributed by atoms with E-state index in [0.29, 0.717) is 21.7 Å². The molecule has 0 saturated carbocycles. The largest absolute Gasteiger partial charge is 0.346 e. The Labute approximate surface area is 223 Å². The van der Waals surface area contributed by atoms with Crippen LogP contribution in [-0.4, -0.2) is 37.6 Å². The predicted molar refractivity (Wildman–Crippen MR) is 134 cm³/mol. The van der Waals surface area contributed by atoms with Crippen molar-refractivity contribution in [3.63, 3.8) is 0 Å². The summed E-state index contributed by atoms with van der Waals surface area (Å²) in [5, 5.41) is 1.68.